The summed E-state index contributed by atoms with van der Waals surface area (Å²) in [5.41, 5.74) is 6.29. The summed E-state index contributed by atoms with van der Waals surface area (Å²) in [5, 5.41) is 2.86. The highest BCUT2D eigenvalue weighted by Gasteiger charge is 2.15. The van der Waals surface area contributed by atoms with E-state index in [1.54, 1.807) is 12.1 Å². The molecule has 0 spiro atoms. The number of halogens is 1. The van der Waals surface area contributed by atoms with Crippen LogP contribution in [0.5, 0.6) is 5.75 Å². The zero-order valence-corrected chi connectivity index (χ0v) is 12.3. The Morgan fingerprint density at radius 2 is 2.20 bits per heavy atom. The molecule has 1 aromatic carbocycles. The van der Waals surface area contributed by atoms with Gasteiger partial charge in [-0.25, -0.2) is 4.39 Å². The average Bonchev–Trinajstić information content (AvgIpc) is 2.44. The van der Waals surface area contributed by atoms with Gasteiger partial charge in [-0.2, -0.15) is 0 Å². The molecule has 0 aliphatic rings. The molecular weight excluding hydrogens is 259 g/mol. The number of ether oxygens (including phenoxy) is 1. The molecule has 0 fully saturated rings. The van der Waals surface area contributed by atoms with Gasteiger partial charge in [-0.3, -0.25) is 4.79 Å². The van der Waals surface area contributed by atoms with Gasteiger partial charge in [0, 0.05) is 6.42 Å². The summed E-state index contributed by atoms with van der Waals surface area (Å²) in [7, 11) is 1.42. The first-order valence-corrected chi connectivity index (χ1v) is 6.84. The highest BCUT2D eigenvalue weighted by atomic mass is 19.1. The standard InChI is InChI=1S/C15H23FN2O2/c1-4-11(9-17)7-15(19)18-10(2)12-5-6-14(20-3)13(16)8-12/h5-6,8,10-11H,4,7,9,17H2,1-3H3,(H,18,19). The van der Waals surface area contributed by atoms with Crippen molar-refractivity contribution in [3.63, 3.8) is 0 Å². The van der Waals surface area contributed by atoms with Crippen LogP contribution < -0.4 is 15.8 Å². The fraction of sp³-hybridized carbons (Fsp3) is 0.533. The number of benzene rings is 1. The van der Waals surface area contributed by atoms with Crippen LogP contribution in [0.2, 0.25) is 0 Å². The Morgan fingerprint density at radius 1 is 1.50 bits per heavy atom. The lowest BCUT2D eigenvalue weighted by Gasteiger charge is -2.17. The van der Waals surface area contributed by atoms with Crippen LogP contribution in [0.3, 0.4) is 0 Å². The first-order chi connectivity index (χ1) is 9.51. The predicted octanol–water partition coefficient (Wildman–Crippen LogP) is 2.39. The van der Waals surface area contributed by atoms with Crippen molar-refractivity contribution in [3.05, 3.63) is 29.6 Å². The largest absolute Gasteiger partial charge is 0.494 e. The fourth-order valence-electron chi connectivity index (χ4n) is 1.99. The van der Waals surface area contributed by atoms with Crippen molar-refractivity contribution in [1.82, 2.24) is 5.32 Å². The quantitative estimate of drug-likeness (QED) is 0.807. The smallest absolute Gasteiger partial charge is 0.220 e. The third-order valence-corrected chi connectivity index (χ3v) is 3.44. The second-order valence-corrected chi connectivity index (χ2v) is 4.90. The minimum Gasteiger partial charge on any atom is -0.494 e. The highest BCUT2D eigenvalue weighted by Crippen LogP contribution is 2.22. The van der Waals surface area contributed by atoms with Gasteiger partial charge in [0.2, 0.25) is 5.91 Å². The van der Waals surface area contributed by atoms with Crippen LogP contribution in [-0.4, -0.2) is 19.6 Å². The molecule has 0 heterocycles. The van der Waals surface area contributed by atoms with Crippen molar-refractivity contribution in [2.24, 2.45) is 11.7 Å². The Morgan fingerprint density at radius 3 is 2.70 bits per heavy atom. The minimum atomic E-state index is -0.431. The molecule has 1 aromatic rings. The van der Waals surface area contributed by atoms with Gasteiger partial charge in [-0.15, -0.1) is 0 Å². The van der Waals surface area contributed by atoms with Crippen molar-refractivity contribution >= 4 is 5.91 Å². The SMILES string of the molecule is CCC(CN)CC(=O)NC(C)c1ccc(OC)c(F)c1. The lowest BCUT2D eigenvalue weighted by molar-refractivity contribution is -0.122. The normalized spacial score (nSPS) is 13.7. The number of rotatable bonds is 7. The van der Waals surface area contributed by atoms with E-state index in [1.807, 2.05) is 13.8 Å². The number of nitrogens with two attached hydrogens (primary N) is 1. The van der Waals surface area contributed by atoms with Crippen LogP contribution in [0.4, 0.5) is 4.39 Å². The van der Waals surface area contributed by atoms with Crippen molar-refractivity contribution < 1.29 is 13.9 Å². The molecule has 0 bridgehead atoms. The molecule has 0 aliphatic carbocycles. The summed E-state index contributed by atoms with van der Waals surface area (Å²) in [6.45, 7) is 4.32. The summed E-state index contributed by atoms with van der Waals surface area (Å²) in [4.78, 5) is 11.9. The van der Waals surface area contributed by atoms with E-state index in [0.29, 0.717) is 18.5 Å². The number of amides is 1. The van der Waals surface area contributed by atoms with E-state index in [1.165, 1.54) is 13.2 Å². The van der Waals surface area contributed by atoms with Crippen LogP contribution in [0.25, 0.3) is 0 Å². The topological polar surface area (TPSA) is 64.4 Å². The van der Waals surface area contributed by atoms with Gasteiger partial charge in [-0.1, -0.05) is 19.4 Å². The number of methoxy groups -OCH3 is 1. The fourth-order valence-corrected chi connectivity index (χ4v) is 1.99. The number of hydrogen-bond acceptors (Lipinski definition) is 3. The molecule has 1 amide bonds. The zero-order valence-electron chi connectivity index (χ0n) is 12.3. The third kappa shape index (κ3) is 4.49. The monoisotopic (exact) mass is 282 g/mol. The molecule has 0 saturated carbocycles. The minimum absolute atomic E-state index is 0.0639. The van der Waals surface area contributed by atoms with E-state index in [4.69, 9.17) is 10.5 Å². The first kappa shape index (κ1) is 16.4. The second-order valence-electron chi connectivity index (χ2n) is 4.90. The molecule has 0 radical (unpaired) electrons. The molecule has 0 saturated heterocycles. The predicted molar refractivity (Wildman–Crippen MR) is 77.0 cm³/mol. The van der Waals surface area contributed by atoms with E-state index in [9.17, 15) is 9.18 Å². The molecule has 2 atom stereocenters. The lowest BCUT2D eigenvalue weighted by Crippen LogP contribution is -2.30. The average molecular weight is 282 g/mol. The van der Waals surface area contributed by atoms with Crippen LogP contribution >= 0.6 is 0 Å². The zero-order chi connectivity index (χ0) is 15.1. The maximum absolute atomic E-state index is 13.6. The van der Waals surface area contributed by atoms with Crippen molar-refractivity contribution in [2.75, 3.05) is 13.7 Å². The molecule has 1 rings (SSSR count). The third-order valence-electron chi connectivity index (χ3n) is 3.44. The number of nitrogens with one attached hydrogen (secondary N) is 1. The number of hydrogen-bond donors (Lipinski definition) is 2. The van der Waals surface area contributed by atoms with E-state index >= 15 is 0 Å². The molecule has 20 heavy (non-hydrogen) atoms. The second kappa shape index (κ2) is 7.85. The molecule has 112 valence electrons. The molecule has 3 N–H and O–H groups in total. The van der Waals surface area contributed by atoms with Crippen LogP contribution in [-0.2, 0) is 4.79 Å². The van der Waals surface area contributed by atoms with E-state index in [2.05, 4.69) is 5.32 Å². The molecule has 0 aromatic heterocycles. The maximum Gasteiger partial charge on any atom is 0.220 e. The Hall–Kier alpha value is -1.62. The Balaban J connectivity index is 2.64. The molecule has 5 heteroatoms. The first-order valence-electron chi connectivity index (χ1n) is 6.84. The van der Waals surface area contributed by atoms with Gasteiger partial charge in [0.25, 0.3) is 0 Å². The van der Waals surface area contributed by atoms with Gasteiger partial charge in [0.15, 0.2) is 11.6 Å². The van der Waals surface area contributed by atoms with Crippen LogP contribution in [0.15, 0.2) is 18.2 Å². The highest BCUT2D eigenvalue weighted by molar-refractivity contribution is 5.76. The molecule has 0 aliphatic heterocycles. The van der Waals surface area contributed by atoms with E-state index in [-0.39, 0.29) is 23.6 Å². The molecule has 4 nitrogen and oxygen atoms in total. The summed E-state index contributed by atoms with van der Waals surface area (Å²) >= 11 is 0. The van der Waals surface area contributed by atoms with Crippen LogP contribution in [0, 0.1) is 11.7 Å². The van der Waals surface area contributed by atoms with Gasteiger partial charge in [0.05, 0.1) is 13.2 Å². The Bertz CT molecular complexity index is 447. The van der Waals surface area contributed by atoms with Gasteiger partial charge in [0.1, 0.15) is 0 Å². The van der Waals surface area contributed by atoms with Crippen molar-refractivity contribution in [1.29, 1.82) is 0 Å². The summed E-state index contributed by atoms with van der Waals surface area (Å²) in [6, 6.07) is 4.43. The number of carbonyl (C=O) groups excluding carboxylic acids is 1. The van der Waals surface area contributed by atoms with Gasteiger partial charge in [-0.05, 0) is 37.1 Å². The molecular formula is C15H23FN2O2. The molecule has 2 unspecified atom stereocenters. The summed E-state index contributed by atoms with van der Waals surface area (Å²) < 4.78 is 18.5. The van der Waals surface area contributed by atoms with Crippen molar-refractivity contribution in [3.8, 4) is 5.75 Å². The number of carbonyl (C=O) groups is 1. The van der Waals surface area contributed by atoms with Gasteiger partial charge < -0.3 is 15.8 Å². The van der Waals surface area contributed by atoms with Crippen molar-refractivity contribution in [2.45, 2.75) is 32.7 Å². The summed E-state index contributed by atoms with van der Waals surface area (Å²) in [5.74, 6) is -0.109. The van der Waals surface area contributed by atoms with Crippen LogP contribution in [0.1, 0.15) is 38.3 Å². The Labute approximate surface area is 119 Å². The summed E-state index contributed by atoms with van der Waals surface area (Å²) in [6.07, 6.45) is 1.27. The maximum atomic E-state index is 13.6. The lowest BCUT2D eigenvalue weighted by atomic mass is 10.0. The van der Waals surface area contributed by atoms with Gasteiger partial charge >= 0.3 is 0 Å². The van der Waals surface area contributed by atoms with E-state index < -0.39 is 5.82 Å². The Kier molecular flexibility index (Phi) is 6.45. The van der Waals surface area contributed by atoms with E-state index in [0.717, 1.165) is 6.42 Å².